The molecule has 3 unspecified atom stereocenters. The Kier molecular flexibility index (Phi) is 5.09. The van der Waals surface area contributed by atoms with Crippen LogP contribution in [-0.4, -0.2) is 23.2 Å². The molecule has 0 radical (unpaired) electrons. The number of hydrogen-bond donors (Lipinski definition) is 2. The van der Waals surface area contributed by atoms with Gasteiger partial charge in [-0.2, -0.15) is 0 Å². The van der Waals surface area contributed by atoms with Crippen LogP contribution in [0.3, 0.4) is 0 Å². The lowest BCUT2D eigenvalue weighted by molar-refractivity contribution is -0.139. The summed E-state index contributed by atoms with van der Waals surface area (Å²) in [6.07, 6.45) is 6.85. The lowest BCUT2D eigenvalue weighted by Crippen LogP contribution is -2.45. The third-order valence-electron chi connectivity index (χ3n) is 3.48. The molecule has 1 aliphatic rings. The maximum Gasteiger partial charge on any atom is 0.320 e. The first-order chi connectivity index (χ1) is 7.15. The topological polar surface area (TPSA) is 49.3 Å². The molecule has 3 heteroatoms. The van der Waals surface area contributed by atoms with Crippen LogP contribution >= 0.6 is 0 Å². The smallest absolute Gasteiger partial charge is 0.320 e. The lowest BCUT2D eigenvalue weighted by Gasteiger charge is -2.26. The van der Waals surface area contributed by atoms with E-state index in [1.807, 2.05) is 6.92 Å². The normalized spacial score (nSPS) is 29.5. The molecule has 0 amide bonds. The fourth-order valence-corrected chi connectivity index (χ4v) is 2.36. The number of aliphatic carboxylic acids is 1. The van der Waals surface area contributed by atoms with Gasteiger partial charge in [0.25, 0.3) is 0 Å². The molecule has 0 aromatic heterocycles. The molecule has 0 aromatic carbocycles. The van der Waals surface area contributed by atoms with Crippen molar-refractivity contribution >= 4 is 5.97 Å². The number of carboxylic acids is 1. The van der Waals surface area contributed by atoms with Crippen molar-refractivity contribution in [2.75, 3.05) is 0 Å². The molecule has 1 fully saturated rings. The molecule has 15 heavy (non-hydrogen) atoms. The number of rotatable bonds is 4. The van der Waals surface area contributed by atoms with E-state index in [0.29, 0.717) is 18.4 Å². The first-order valence-corrected chi connectivity index (χ1v) is 6.14. The van der Waals surface area contributed by atoms with Crippen LogP contribution in [-0.2, 0) is 4.79 Å². The number of hydrogen-bond acceptors (Lipinski definition) is 2. The number of carboxylic acid groups (broad SMARTS) is 1. The highest BCUT2D eigenvalue weighted by Gasteiger charge is 2.24. The van der Waals surface area contributed by atoms with Crippen molar-refractivity contribution in [3.8, 4) is 0 Å². The molecule has 0 spiro atoms. The summed E-state index contributed by atoms with van der Waals surface area (Å²) in [6.45, 7) is 4.16. The van der Waals surface area contributed by atoms with Gasteiger partial charge in [0.1, 0.15) is 6.04 Å². The fourth-order valence-electron chi connectivity index (χ4n) is 2.36. The van der Waals surface area contributed by atoms with Crippen molar-refractivity contribution in [2.24, 2.45) is 5.92 Å². The van der Waals surface area contributed by atoms with Crippen LogP contribution in [0.15, 0.2) is 0 Å². The highest BCUT2D eigenvalue weighted by Crippen LogP contribution is 2.23. The second kappa shape index (κ2) is 6.11. The Morgan fingerprint density at radius 3 is 2.67 bits per heavy atom. The van der Waals surface area contributed by atoms with E-state index >= 15 is 0 Å². The quantitative estimate of drug-likeness (QED) is 0.705. The highest BCUT2D eigenvalue weighted by molar-refractivity contribution is 5.73. The van der Waals surface area contributed by atoms with Gasteiger partial charge in [-0.25, -0.2) is 0 Å². The van der Waals surface area contributed by atoms with Crippen molar-refractivity contribution in [3.63, 3.8) is 0 Å². The Balaban J connectivity index is 2.49. The monoisotopic (exact) mass is 213 g/mol. The number of nitrogens with one attached hydrogen (secondary N) is 1. The van der Waals surface area contributed by atoms with E-state index in [0.717, 1.165) is 6.42 Å². The van der Waals surface area contributed by atoms with Gasteiger partial charge in [-0.05, 0) is 25.2 Å². The van der Waals surface area contributed by atoms with Crippen LogP contribution in [0.2, 0.25) is 0 Å². The summed E-state index contributed by atoms with van der Waals surface area (Å²) >= 11 is 0. The average Bonchev–Trinajstić information content (AvgIpc) is 2.39. The third-order valence-corrected chi connectivity index (χ3v) is 3.48. The van der Waals surface area contributed by atoms with Crippen LogP contribution < -0.4 is 5.32 Å². The molecule has 0 bridgehead atoms. The molecular weight excluding hydrogens is 190 g/mol. The first-order valence-electron chi connectivity index (χ1n) is 6.14. The summed E-state index contributed by atoms with van der Waals surface area (Å²) in [4.78, 5) is 10.9. The molecule has 3 nitrogen and oxygen atoms in total. The highest BCUT2D eigenvalue weighted by atomic mass is 16.4. The summed E-state index contributed by atoms with van der Waals surface area (Å²) in [6, 6.07) is 0.0316. The predicted molar refractivity (Wildman–Crippen MR) is 60.9 cm³/mol. The average molecular weight is 213 g/mol. The Morgan fingerprint density at radius 1 is 1.40 bits per heavy atom. The Labute approximate surface area is 92.3 Å². The summed E-state index contributed by atoms with van der Waals surface area (Å²) in [5.74, 6) is -0.102. The molecule has 0 aromatic rings. The Morgan fingerprint density at radius 2 is 2.07 bits per heavy atom. The van der Waals surface area contributed by atoms with Crippen molar-refractivity contribution in [2.45, 2.75) is 64.5 Å². The molecule has 2 N–H and O–H groups in total. The van der Waals surface area contributed by atoms with Gasteiger partial charge in [0.2, 0.25) is 0 Å². The van der Waals surface area contributed by atoms with Crippen LogP contribution in [0.5, 0.6) is 0 Å². The maximum absolute atomic E-state index is 10.9. The van der Waals surface area contributed by atoms with E-state index in [2.05, 4.69) is 12.2 Å². The van der Waals surface area contributed by atoms with E-state index in [4.69, 9.17) is 5.11 Å². The van der Waals surface area contributed by atoms with Crippen LogP contribution in [0.1, 0.15) is 52.4 Å². The zero-order valence-electron chi connectivity index (χ0n) is 9.83. The second-order valence-electron chi connectivity index (χ2n) is 4.69. The van der Waals surface area contributed by atoms with E-state index in [1.165, 1.54) is 25.7 Å². The van der Waals surface area contributed by atoms with Gasteiger partial charge in [-0.1, -0.05) is 33.1 Å². The SMILES string of the molecule is CCC(NC1CCCCCC1C)C(=O)O. The lowest BCUT2D eigenvalue weighted by atomic mass is 9.96. The standard InChI is InChI=1S/C12H23NO2/c1-3-10(12(14)15)13-11-8-6-4-5-7-9(11)2/h9-11,13H,3-8H2,1-2H3,(H,14,15). The molecule has 0 aliphatic heterocycles. The molecule has 1 aliphatic carbocycles. The Bertz CT molecular complexity index is 206. The molecule has 1 saturated carbocycles. The molecule has 88 valence electrons. The predicted octanol–water partition coefficient (Wildman–Crippen LogP) is 2.41. The second-order valence-corrected chi connectivity index (χ2v) is 4.69. The summed E-state index contributed by atoms with van der Waals surface area (Å²) in [5, 5.41) is 12.3. The van der Waals surface area contributed by atoms with Gasteiger partial charge < -0.3 is 10.4 Å². The van der Waals surface area contributed by atoms with Crippen LogP contribution in [0.25, 0.3) is 0 Å². The molecule has 1 rings (SSSR count). The molecule has 3 atom stereocenters. The van der Waals surface area contributed by atoms with E-state index < -0.39 is 5.97 Å². The minimum atomic E-state index is -0.714. The molecule has 0 saturated heterocycles. The molecule has 0 heterocycles. The summed E-state index contributed by atoms with van der Waals surface area (Å²) in [7, 11) is 0. The largest absolute Gasteiger partial charge is 0.480 e. The van der Waals surface area contributed by atoms with Gasteiger partial charge in [0, 0.05) is 6.04 Å². The minimum Gasteiger partial charge on any atom is -0.480 e. The van der Waals surface area contributed by atoms with Gasteiger partial charge in [0.15, 0.2) is 0 Å². The van der Waals surface area contributed by atoms with Gasteiger partial charge in [0.05, 0.1) is 0 Å². The minimum absolute atomic E-state index is 0.365. The van der Waals surface area contributed by atoms with E-state index in [9.17, 15) is 4.79 Å². The summed E-state index contributed by atoms with van der Waals surface area (Å²) in [5.41, 5.74) is 0. The Hall–Kier alpha value is -0.570. The van der Waals surface area contributed by atoms with E-state index in [1.54, 1.807) is 0 Å². The van der Waals surface area contributed by atoms with Gasteiger partial charge >= 0.3 is 5.97 Å². The van der Waals surface area contributed by atoms with Crippen molar-refractivity contribution in [3.05, 3.63) is 0 Å². The maximum atomic E-state index is 10.9. The van der Waals surface area contributed by atoms with E-state index in [-0.39, 0.29) is 6.04 Å². The van der Waals surface area contributed by atoms with Crippen LogP contribution in [0, 0.1) is 5.92 Å². The van der Waals surface area contributed by atoms with Crippen LogP contribution in [0.4, 0.5) is 0 Å². The van der Waals surface area contributed by atoms with Crippen molar-refractivity contribution in [1.82, 2.24) is 5.32 Å². The number of carbonyl (C=O) groups is 1. The van der Waals surface area contributed by atoms with Gasteiger partial charge in [-0.15, -0.1) is 0 Å². The zero-order valence-corrected chi connectivity index (χ0v) is 9.83. The third kappa shape index (κ3) is 3.82. The fraction of sp³-hybridized carbons (Fsp3) is 0.917. The van der Waals surface area contributed by atoms with Gasteiger partial charge in [-0.3, -0.25) is 4.79 Å². The van der Waals surface area contributed by atoms with Crippen molar-refractivity contribution in [1.29, 1.82) is 0 Å². The zero-order chi connectivity index (χ0) is 11.3. The first kappa shape index (κ1) is 12.5. The van der Waals surface area contributed by atoms with Crippen molar-refractivity contribution < 1.29 is 9.90 Å². The molecular formula is C12H23NO2. The summed E-state index contributed by atoms with van der Waals surface area (Å²) < 4.78 is 0.